The Hall–Kier alpha value is -0.440. The normalized spacial score (nSPS) is 17.0. The smallest absolute Gasteiger partial charge is 0.290 e. The van der Waals surface area contributed by atoms with E-state index in [-0.39, 0.29) is 0 Å². The Morgan fingerprint density at radius 2 is 1.58 bits per heavy atom. The number of ether oxygens (including phenoxy) is 1. The Balaban J connectivity index is 3.85. The molecule has 0 aromatic rings. The molecule has 0 radical (unpaired) electrons. The summed E-state index contributed by atoms with van der Waals surface area (Å²) >= 11 is 0. The van der Waals surface area contributed by atoms with Crippen molar-refractivity contribution in [1.82, 2.24) is 0 Å². The number of hydrogen-bond acceptors (Lipinski definition) is 4. The van der Waals surface area contributed by atoms with Gasteiger partial charge in [0.25, 0.3) is 12.9 Å². The van der Waals surface area contributed by atoms with Crippen molar-refractivity contribution in [2.75, 3.05) is 0 Å². The molecule has 0 saturated heterocycles. The maximum atomic E-state index is 11.6. The van der Waals surface area contributed by atoms with E-state index >= 15 is 0 Å². The van der Waals surface area contributed by atoms with E-state index in [1.54, 1.807) is 0 Å². The van der Waals surface area contributed by atoms with Gasteiger partial charge in [-0.05, 0) is 0 Å². The van der Waals surface area contributed by atoms with E-state index in [2.05, 4.69) is 15.5 Å². The average Bonchev–Trinajstić information content (AvgIpc) is 1.98. The van der Waals surface area contributed by atoms with Gasteiger partial charge in [-0.1, -0.05) is 0 Å². The molecular weight excluding hydrogens is 186 g/mol. The first-order valence-corrected chi connectivity index (χ1v) is 2.74. The van der Waals surface area contributed by atoms with Crippen LogP contribution in [0.2, 0.25) is 0 Å². The standard InChI is InChI=1S/C4H7F4NO3/c5-1(6)3(10)11-4(12-9)2(7)8/h1-4,10H,9H2. The molecule has 0 amide bonds. The third kappa shape index (κ3) is 3.81. The van der Waals surface area contributed by atoms with Crippen LogP contribution in [0.4, 0.5) is 17.6 Å². The third-order valence-corrected chi connectivity index (χ3v) is 0.829. The molecule has 2 unspecified atom stereocenters. The van der Waals surface area contributed by atoms with Crippen molar-refractivity contribution in [3.63, 3.8) is 0 Å². The number of hydrogen-bond donors (Lipinski definition) is 2. The Kier molecular flexibility index (Phi) is 5.06. The molecular formula is C4H7F4NO3. The van der Waals surface area contributed by atoms with Crippen LogP contribution in [0.25, 0.3) is 0 Å². The molecule has 0 heterocycles. The van der Waals surface area contributed by atoms with Gasteiger partial charge in [-0.25, -0.2) is 23.5 Å². The third-order valence-electron chi connectivity index (χ3n) is 0.829. The molecule has 0 bridgehead atoms. The first-order chi connectivity index (χ1) is 5.49. The van der Waals surface area contributed by atoms with E-state index in [9.17, 15) is 17.6 Å². The molecule has 3 N–H and O–H groups in total. The van der Waals surface area contributed by atoms with Crippen LogP contribution >= 0.6 is 0 Å². The average molecular weight is 193 g/mol. The van der Waals surface area contributed by atoms with Crippen LogP contribution in [0.15, 0.2) is 0 Å². The predicted octanol–water partition coefficient (Wildman–Crippen LogP) is 0.0680. The number of aliphatic hydroxyl groups excluding tert-OH is 1. The molecule has 0 rings (SSSR count). The highest BCUT2D eigenvalue weighted by atomic mass is 19.3. The fourth-order valence-electron chi connectivity index (χ4n) is 0.348. The lowest BCUT2D eigenvalue weighted by molar-refractivity contribution is -0.295. The minimum Gasteiger partial charge on any atom is -0.363 e. The zero-order valence-electron chi connectivity index (χ0n) is 5.66. The maximum Gasteiger partial charge on any atom is 0.290 e. The molecule has 0 aliphatic heterocycles. The van der Waals surface area contributed by atoms with Crippen molar-refractivity contribution in [1.29, 1.82) is 0 Å². The summed E-state index contributed by atoms with van der Waals surface area (Å²) in [5.41, 5.74) is 0. The molecule has 0 aromatic heterocycles. The van der Waals surface area contributed by atoms with Crippen LogP contribution in [-0.4, -0.2) is 30.5 Å². The minimum atomic E-state index is -3.29. The van der Waals surface area contributed by atoms with E-state index in [0.717, 1.165) is 0 Å². The van der Waals surface area contributed by atoms with Crippen molar-refractivity contribution in [3.8, 4) is 0 Å². The molecule has 0 spiro atoms. The van der Waals surface area contributed by atoms with Crippen molar-refractivity contribution in [2.24, 2.45) is 5.90 Å². The lowest BCUT2D eigenvalue weighted by Crippen LogP contribution is -2.35. The summed E-state index contributed by atoms with van der Waals surface area (Å²) in [7, 11) is 0. The quantitative estimate of drug-likeness (QED) is 0.368. The molecule has 0 aliphatic rings. The van der Waals surface area contributed by atoms with Gasteiger partial charge in [0.2, 0.25) is 12.6 Å². The Bertz CT molecular complexity index is 125. The van der Waals surface area contributed by atoms with Crippen molar-refractivity contribution >= 4 is 0 Å². The molecule has 0 aromatic carbocycles. The highest BCUT2D eigenvalue weighted by Gasteiger charge is 2.28. The number of rotatable bonds is 5. The number of nitrogens with two attached hydrogens (primary N) is 1. The van der Waals surface area contributed by atoms with E-state index in [4.69, 9.17) is 5.11 Å². The molecule has 0 fully saturated rings. The summed E-state index contributed by atoms with van der Waals surface area (Å²) in [5.74, 6) is 4.26. The van der Waals surface area contributed by atoms with Crippen LogP contribution in [0.5, 0.6) is 0 Å². The minimum absolute atomic E-state index is 2.35. The van der Waals surface area contributed by atoms with Gasteiger partial charge in [0.1, 0.15) is 0 Å². The van der Waals surface area contributed by atoms with Crippen molar-refractivity contribution in [3.05, 3.63) is 0 Å². The second kappa shape index (κ2) is 5.25. The van der Waals surface area contributed by atoms with Gasteiger partial charge in [0, 0.05) is 0 Å². The number of halogens is 4. The molecule has 8 heteroatoms. The summed E-state index contributed by atoms with van der Waals surface area (Å²) in [5, 5.41) is 8.24. The highest BCUT2D eigenvalue weighted by Crippen LogP contribution is 2.11. The Labute approximate surface area is 64.8 Å². The molecule has 12 heavy (non-hydrogen) atoms. The zero-order valence-corrected chi connectivity index (χ0v) is 5.66. The Morgan fingerprint density at radius 1 is 1.08 bits per heavy atom. The lowest BCUT2D eigenvalue weighted by Gasteiger charge is -2.17. The van der Waals surface area contributed by atoms with E-state index < -0.39 is 25.4 Å². The largest absolute Gasteiger partial charge is 0.363 e. The lowest BCUT2D eigenvalue weighted by atomic mass is 10.6. The molecule has 74 valence electrons. The molecule has 0 saturated carbocycles. The summed E-state index contributed by atoms with van der Waals surface area (Å²) in [4.78, 5) is 3.47. The predicted molar refractivity (Wildman–Crippen MR) is 28.2 cm³/mol. The maximum absolute atomic E-state index is 11.6. The fourth-order valence-corrected chi connectivity index (χ4v) is 0.348. The van der Waals surface area contributed by atoms with Crippen LogP contribution < -0.4 is 5.90 Å². The van der Waals surface area contributed by atoms with Crippen molar-refractivity contribution in [2.45, 2.75) is 25.4 Å². The second-order valence-electron chi connectivity index (χ2n) is 1.70. The summed E-state index contributed by atoms with van der Waals surface area (Å²) in [6, 6.07) is 0. The van der Waals surface area contributed by atoms with Crippen molar-refractivity contribution < 1.29 is 32.2 Å². The summed E-state index contributed by atoms with van der Waals surface area (Å²) in [6.45, 7) is 0. The highest BCUT2D eigenvalue weighted by molar-refractivity contribution is 4.49. The van der Waals surface area contributed by atoms with Gasteiger partial charge in [0.05, 0.1) is 0 Å². The second-order valence-corrected chi connectivity index (χ2v) is 1.70. The van der Waals surface area contributed by atoms with Gasteiger partial charge in [-0.15, -0.1) is 0 Å². The summed E-state index contributed by atoms with van der Waals surface area (Å²) in [6.07, 6.45) is -11.5. The van der Waals surface area contributed by atoms with Gasteiger partial charge in [-0.3, -0.25) is 4.84 Å². The van der Waals surface area contributed by atoms with Gasteiger partial charge >= 0.3 is 0 Å². The van der Waals surface area contributed by atoms with Gasteiger partial charge in [0.15, 0.2) is 0 Å². The van der Waals surface area contributed by atoms with Crippen LogP contribution in [0.3, 0.4) is 0 Å². The fraction of sp³-hybridized carbons (Fsp3) is 1.00. The van der Waals surface area contributed by atoms with Gasteiger partial charge in [-0.2, -0.15) is 0 Å². The van der Waals surface area contributed by atoms with E-state index in [0.29, 0.717) is 0 Å². The number of aliphatic hydroxyl groups is 1. The topological polar surface area (TPSA) is 64.7 Å². The van der Waals surface area contributed by atoms with Crippen LogP contribution in [0.1, 0.15) is 0 Å². The van der Waals surface area contributed by atoms with E-state index in [1.165, 1.54) is 0 Å². The monoisotopic (exact) mass is 193 g/mol. The molecule has 0 aliphatic carbocycles. The Morgan fingerprint density at radius 3 is 1.83 bits per heavy atom. The first kappa shape index (κ1) is 11.6. The zero-order chi connectivity index (χ0) is 9.72. The van der Waals surface area contributed by atoms with Gasteiger partial charge < -0.3 is 9.84 Å². The van der Waals surface area contributed by atoms with E-state index in [1.807, 2.05) is 0 Å². The summed E-state index contributed by atoms with van der Waals surface area (Å²) < 4.78 is 49.8. The molecule has 2 atom stereocenters. The first-order valence-electron chi connectivity index (χ1n) is 2.74. The number of alkyl halides is 4. The van der Waals surface area contributed by atoms with Crippen LogP contribution in [0, 0.1) is 0 Å². The SMILES string of the molecule is NOC(OC(O)C(F)F)C(F)F. The van der Waals surface area contributed by atoms with Crippen LogP contribution in [-0.2, 0) is 9.57 Å². The molecule has 4 nitrogen and oxygen atoms in total.